The standard InChI is InChI=1S/C23H29N3O6/c1-13-11-25(31-3)21(28)19(13)26(22(29)30)16-5-4-14-12-24(2)9-8-23-7-6-15(27)10-17(23)32-20(16)18(14)23/h4-7,13,15,17,19,27H,8-12H2,1-3H3,(H,29,30)/t13?,15-,17-,19?,23-/m0/s1. The summed E-state index contributed by atoms with van der Waals surface area (Å²) in [6.07, 6.45) is 3.02. The van der Waals surface area contributed by atoms with Crippen molar-refractivity contribution < 1.29 is 29.4 Å². The van der Waals surface area contributed by atoms with Gasteiger partial charge in [-0.1, -0.05) is 25.1 Å². The molecule has 0 saturated carbocycles. The first kappa shape index (κ1) is 21.2. The number of carbonyl (C=O) groups excluding carboxylic acids is 1. The third-order valence-corrected chi connectivity index (χ3v) is 7.40. The maximum Gasteiger partial charge on any atom is 0.412 e. The first-order valence-corrected chi connectivity index (χ1v) is 11.0. The van der Waals surface area contributed by atoms with Crippen LogP contribution in [0, 0.1) is 5.92 Å². The third-order valence-electron chi connectivity index (χ3n) is 7.40. The maximum absolute atomic E-state index is 13.0. The molecule has 1 saturated heterocycles. The second kappa shape index (κ2) is 7.47. The molecule has 2 N–H and O–H groups in total. The van der Waals surface area contributed by atoms with Gasteiger partial charge in [0, 0.05) is 24.4 Å². The number of carbonyl (C=O) groups is 2. The second-order valence-corrected chi connectivity index (χ2v) is 9.40. The zero-order chi connectivity index (χ0) is 22.8. The molecule has 2 unspecified atom stereocenters. The number of aliphatic hydroxyl groups is 1. The minimum atomic E-state index is -1.21. The Labute approximate surface area is 186 Å². The van der Waals surface area contributed by atoms with E-state index in [4.69, 9.17) is 9.57 Å². The number of anilines is 1. The second-order valence-electron chi connectivity index (χ2n) is 9.40. The van der Waals surface area contributed by atoms with Crippen molar-refractivity contribution in [3.63, 3.8) is 0 Å². The monoisotopic (exact) mass is 443 g/mol. The Bertz CT molecular complexity index is 996. The number of benzene rings is 1. The molecule has 1 fully saturated rings. The van der Waals surface area contributed by atoms with Crippen LogP contribution in [0.2, 0.25) is 0 Å². The van der Waals surface area contributed by atoms with E-state index >= 15 is 0 Å². The summed E-state index contributed by atoms with van der Waals surface area (Å²) in [5.41, 5.74) is 2.03. The van der Waals surface area contributed by atoms with E-state index in [0.29, 0.717) is 24.4 Å². The van der Waals surface area contributed by atoms with Crippen LogP contribution in [0.5, 0.6) is 5.75 Å². The van der Waals surface area contributed by atoms with Crippen LogP contribution in [0.1, 0.15) is 30.9 Å². The Morgan fingerprint density at radius 1 is 1.38 bits per heavy atom. The van der Waals surface area contributed by atoms with Crippen LogP contribution < -0.4 is 9.64 Å². The van der Waals surface area contributed by atoms with Gasteiger partial charge in [-0.15, -0.1) is 0 Å². The Morgan fingerprint density at radius 3 is 2.84 bits per heavy atom. The topological polar surface area (TPSA) is 103 Å². The zero-order valence-electron chi connectivity index (χ0n) is 18.5. The minimum absolute atomic E-state index is 0.255. The Hall–Kier alpha value is -2.62. The molecule has 9 heteroatoms. The molecule has 9 nitrogen and oxygen atoms in total. The highest BCUT2D eigenvalue weighted by Gasteiger charge is 2.54. The van der Waals surface area contributed by atoms with Gasteiger partial charge in [0.2, 0.25) is 0 Å². The van der Waals surface area contributed by atoms with Gasteiger partial charge >= 0.3 is 6.09 Å². The summed E-state index contributed by atoms with van der Waals surface area (Å²) in [6.45, 7) is 3.74. The predicted octanol–water partition coefficient (Wildman–Crippen LogP) is 1.73. The molecule has 0 bridgehead atoms. The number of hydrogen-bond acceptors (Lipinski definition) is 6. The number of hydrogen-bond donors (Lipinski definition) is 2. The van der Waals surface area contributed by atoms with E-state index in [0.717, 1.165) is 35.5 Å². The summed E-state index contributed by atoms with van der Waals surface area (Å²) in [5, 5.41) is 21.7. The molecule has 1 aromatic carbocycles. The van der Waals surface area contributed by atoms with Gasteiger partial charge in [0.25, 0.3) is 5.91 Å². The van der Waals surface area contributed by atoms with Crippen molar-refractivity contribution in [3.8, 4) is 5.75 Å². The van der Waals surface area contributed by atoms with Gasteiger partial charge in [0.1, 0.15) is 17.9 Å². The molecule has 32 heavy (non-hydrogen) atoms. The van der Waals surface area contributed by atoms with E-state index in [1.165, 1.54) is 12.2 Å². The van der Waals surface area contributed by atoms with Crippen molar-refractivity contribution in [2.24, 2.45) is 5.92 Å². The largest absolute Gasteiger partial charge is 0.487 e. The van der Waals surface area contributed by atoms with Crippen LogP contribution in [0.3, 0.4) is 0 Å². The number of nitrogens with zero attached hydrogens (tertiary/aromatic N) is 3. The smallest absolute Gasteiger partial charge is 0.412 e. The lowest BCUT2D eigenvalue weighted by atomic mass is 9.69. The summed E-state index contributed by atoms with van der Waals surface area (Å²) in [6, 6.07) is 2.80. The van der Waals surface area contributed by atoms with Crippen molar-refractivity contribution in [2.75, 3.05) is 32.1 Å². The summed E-state index contributed by atoms with van der Waals surface area (Å²) < 4.78 is 6.44. The highest BCUT2D eigenvalue weighted by Crippen LogP contribution is 2.56. The molecule has 1 aromatic rings. The van der Waals surface area contributed by atoms with Crippen molar-refractivity contribution in [1.29, 1.82) is 0 Å². The number of rotatable bonds is 3. The fourth-order valence-corrected chi connectivity index (χ4v) is 5.86. The highest BCUT2D eigenvalue weighted by molar-refractivity contribution is 5.99. The molecule has 172 valence electrons. The van der Waals surface area contributed by atoms with Gasteiger partial charge in [-0.05, 0) is 31.6 Å². The molecule has 1 aliphatic carbocycles. The third kappa shape index (κ3) is 2.95. The average Bonchev–Trinajstić information content (AvgIpc) is 3.17. The molecule has 0 aromatic heterocycles. The van der Waals surface area contributed by atoms with Crippen molar-refractivity contribution in [1.82, 2.24) is 9.96 Å². The van der Waals surface area contributed by atoms with E-state index in [2.05, 4.69) is 11.9 Å². The van der Waals surface area contributed by atoms with Gasteiger partial charge in [0.15, 0.2) is 0 Å². The minimum Gasteiger partial charge on any atom is -0.487 e. The van der Waals surface area contributed by atoms with Crippen LogP contribution in [0.25, 0.3) is 0 Å². The van der Waals surface area contributed by atoms with E-state index in [-0.39, 0.29) is 17.9 Å². The molecule has 3 aliphatic heterocycles. The molecule has 2 amide bonds. The Balaban J connectivity index is 1.67. The van der Waals surface area contributed by atoms with Gasteiger partial charge in [0.05, 0.1) is 30.9 Å². The van der Waals surface area contributed by atoms with Gasteiger partial charge in [-0.3, -0.25) is 14.5 Å². The quantitative estimate of drug-likeness (QED) is 0.686. The normalized spacial score (nSPS) is 33.5. The zero-order valence-corrected chi connectivity index (χ0v) is 18.5. The van der Waals surface area contributed by atoms with Crippen LogP contribution in [-0.4, -0.2) is 77.7 Å². The highest BCUT2D eigenvalue weighted by atomic mass is 16.7. The summed E-state index contributed by atoms with van der Waals surface area (Å²) in [7, 11) is 3.48. The molecular formula is C23H29N3O6. The number of amides is 2. The average molecular weight is 444 g/mol. The van der Waals surface area contributed by atoms with Gasteiger partial charge in [-0.25, -0.2) is 9.86 Å². The summed E-state index contributed by atoms with van der Waals surface area (Å²) in [5.74, 6) is -0.125. The number of aliphatic hydroxyl groups excluding tert-OH is 1. The fourth-order valence-electron chi connectivity index (χ4n) is 5.86. The fraction of sp³-hybridized carbons (Fsp3) is 0.565. The lowest BCUT2D eigenvalue weighted by Gasteiger charge is -2.35. The Kier molecular flexibility index (Phi) is 4.96. The van der Waals surface area contributed by atoms with Crippen LogP contribution in [0.15, 0.2) is 24.3 Å². The molecular weight excluding hydrogens is 414 g/mol. The SMILES string of the molecule is CON1CC(C)C(N(C(=O)O)c2ccc3c4c2O[C@H]2C[C@@H](O)C=C[C@@]42CCN(C)C3)C1=O. The molecule has 5 rings (SSSR count). The molecule has 1 spiro atoms. The Morgan fingerprint density at radius 2 is 2.16 bits per heavy atom. The maximum atomic E-state index is 13.0. The van der Waals surface area contributed by atoms with E-state index in [1.54, 1.807) is 6.07 Å². The van der Waals surface area contributed by atoms with Crippen LogP contribution >= 0.6 is 0 Å². The van der Waals surface area contributed by atoms with E-state index in [1.807, 2.05) is 25.1 Å². The first-order chi connectivity index (χ1) is 15.3. The number of ether oxygens (including phenoxy) is 1. The van der Waals surface area contributed by atoms with Crippen LogP contribution in [0.4, 0.5) is 10.5 Å². The lowest BCUT2D eigenvalue weighted by Crippen LogP contribution is -2.47. The van der Waals surface area contributed by atoms with Crippen LogP contribution in [-0.2, 0) is 21.6 Å². The van der Waals surface area contributed by atoms with Crippen molar-refractivity contribution in [2.45, 2.75) is 50.0 Å². The number of carboxylic acid groups (broad SMARTS) is 1. The van der Waals surface area contributed by atoms with Crippen molar-refractivity contribution >= 4 is 17.7 Å². The summed E-state index contributed by atoms with van der Waals surface area (Å²) >= 11 is 0. The molecule has 3 heterocycles. The molecule has 5 atom stereocenters. The summed E-state index contributed by atoms with van der Waals surface area (Å²) in [4.78, 5) is 34.0. The van der Waals surface area contributed by atoms with Gasteiger partial charge in [-0.2, -0.15) is 0 Å². The first-order valence-electron chi connectivity index (χ1n) is 11.0. The number of hydroxylamine groups is 2. The van der Waals surface area contributed by atoms with E-state index < -0.39 is 23.7 Å². The van der Waals surface area contributed by atoms with Gasteiger partial charge < -0.3 is 19.8 Å². The molecule has 0 radical (unpaired) electrons. The van der Waals surface area contributed by atoms with Crippen molar-refractivity contribution in [3.05, 3.63) is 35.4 Å². The lowest BCUT2D eigenvalue weighted by molar-refractivity contribution is -0.168. The predicted molar refractivity (Wildman–Crippen MR) is 115 cm³/mol. The molecule has 4 aliphatic rings. The van der Waals surface area contributed by atoms with E-state index in [9.17, 15) is 19.8 Å².